The number of rotatable bonds is 5. The van der Waals surface area contributed by atoms with Crippen LogP contribution < -0.4 is 5.73 Å². The van der Waals surface area contributed by atoms with Gasteiger partial charge in [-0.2, -0.15) is 0 Å². The highest BCUT2D eigenvalue weighted by Gasteiger charge is 2.15. The molecule has 0 aliphatic rings. The lowest BCUT2D eigenvalue weighted by atomic mass is 10.2. The molecule has 0 unspecified atom stereocenters. The van der Waals surface area contributed by atoms with Gasteiger partial charge in [0.1, 0.15) is 11.7 Å². The van der Waals surface area contributed by atoms with Crippen LogP contribution in [0, 0.1) is 5.82 Å². The molecule has 0 radical (unpaired) electrons. The number of oxime groups is 1. The number of amidine groups is 1. The van der Waals surface area contributed by atoms with E-state index < -0.39 is 5.82 Å². The second-order valence-corrected chi connectivity index (χ2v) is 4.26. The molecule has 1 aromatic carbocycles. The molecule has 0 spiro atoms. The molecule has 0 aliphatic carbocycles. The lowest BCUT2D eigenvalue weighted by Crippen LogP contribution is -2.34. The molecule has 0 saturated heterocycles. The summed E-state index contributed by atoms with van der Waals surface area (Å²) in [4.78, 5) is 13.6. The SMILES string of the molecule is CCN(CC/C(N)=N/O)C(=O)c1ccc(F)c(Cl)c1. The molecule has 0 aromatic heterocycles. The van der Waals surface area contributed by atoms with Crippen molar-refractivity contribution in [1.82, 2.24) is 4.90 Å². The van der Waals surface area contributed by atoms with Crippen molar-refractivity contribution in [2.45, 2.75) is 13.3 Å². The van der Waals surface area contributed by atoms with E-state index in [1.807, 2.05) is 0 Å². The van der Waals surface area contributed by atoms with Gasteiger partial charge in [-0.15, -0.1) is 0 Å². The standard InChI is InChI=1S/C12H15ClFN3O2/c1-2-17(6-5-11(15)16-19)12(18)8-3-4-10(14)9(13)7-8/h3-4,7,19H,2,5-6H2,1H3,(H2,15,16). The maximum atomic E-state index is 13.0. The molecule has 7 heteroatoms. The van der Waals surface area contributed by atoms with Crippen LogP contribution in [0.15, 0.2) is 23.4 Å². The second-order valence-electron chi connectivity index (χ2n) is 3.86. The summed E-state index contributed by atoms with van der Waals surface area (Å²) in [6, 6.07) is 3.80. The molecule has 104 valence electrons. The average Bonchev–Trinajstić information content (AvgIpc) is 2.41. The van der Waals surface area contributed by atoms with Crippen LogP contribution in [0.3, 0.4) is 0 Å². The Balaban J connectivity index is 2.80. The smallest absolute Gasteiger partial charge is 0.253 e. The Morgan fingerprint density at radius 2 is 2.26 bits per heavy atom. The summed E-state index contributed by atoms with van der Waals surface area (Å²) in [5, 5.41) is 11.2. The first-order valence-electron chi connectivity index (χ1n) is 5.70. The molecule has 0 bridgehead atoms. The number of nitrogens with zero attached hydrogens (tertiary/aromatic N) is 2. The van der Waals surface area contributed by atoms with Gasteiger partial charge in [-0.1, -0.05) is 16.8 Å². The molecule has 0 aliphatic heterocycles. The maximum absolute atomic E-state index is 13.0. The van der Waals surface area contributed by atoms with Gasteiger partial charge < -0.3 is 15.8 Å². The van der Waals surface area contributed by atoms with Gasteiger partial charge in [0.05, 0.1) is 5.02 Å². The number of hydrogen-bond donors (Lipinski definition) is 2. The number of benzene rings is 1. The van der Waals surface area contributed by atoms with Gasteiger partial charge in [-0.05, 0) is 25.1 Å². The maximum Gasteiger partial charge on any atom is 0.253 e. The zero-order chi connectivity index (χ0) is 14.4. The van der Waals surface area contributed by atoms with E-state index in [9.17, 15) is 9.18 Å². The number of carbonyl (C=O) groups is 1. The topological polar surface area (TPSA) is 78.9 Å². The summed E-state index contributed by atoms with van der Waals surface area (Å²) in [6.07, 6.45) is 0.255. The molecule has 0 atom stereocenters. The van der Waals surface area contributed by atoms with Crippen LogP contribution in [0.25, 0.3) is 0 Å². The van der Waals surface area contributed by atoms with Gasteiger partial charge in [0, 0.05) is 25.1 Å². The highest BCUT2D eigenvalue weighted by Crippen LogP contribution is 2.17. The molecular formula is C12H15ClFN3O2. The zero-order valence-electron chi connectivity index (χ0n) is 10.4. The van der Waals surface area contributed by atoms with Gasteiger partial charge in [-0.3, -0.25) is 4.79 Å². The Labute approximate surface area is 115 Å². The van der Waals surface area contributed by atoms with Gasteiger partial charge >= 0.3 is 0 Å². The predicted molar refractivity (Wildman–Crippen MR) is 71.0 cm³/mol. The molecule has 0 heterocycles. The fraction of sp³-hybridized carbons (Fsp3) is 0.333. The summed E-state index contributed by atoms with van der Waals surface area (Å²) in [7, 11) is 0. The first-order chi connectivity index (χ1) is 8.99. The summed E-state index contributed by atoms with van der Waals surface area (Å²) in [5.74, 6) is -0.809. The number of nitrogens with two attached hydrogens (primary N) is 1. The zero-order valence-corrected chi connectivity index (χ0v) is 11.2. The van der Waals surface area contributed by atoms with E-state index in [2.05, 4.69) is 5.16 Å². The van der Waals surface area contributed by atoms with Crippen molar-refractivity contribution in [1.29, 1.82) is 0 Å². The fourth-order valence-electron chi connectivity index (χ4n) is 1.51. The number of carbonyl (C=O) groups excluding carboxylic acids is 1. The van der Waals surface area contributed by atoms with E-state index in [4.69, 9.17) is 22.5 Å². The van der Waals surface area contributed by atoms with Crippen LogP contribution in [-0.2, 0) is 0 Å². The summed E-state index contributed by atoms with van der Waals surface area (Å²) < 4.78 is 13.0. The summed E-state index contributed by atoms with van der Waals surface area (Å²) >= 11 is 5.64. The molecule has 1 amide bonds. The predicted octanol–water partition coefficient (Wildman–Crippen LogP) is 2.08. The van der Waals surface area contributed by atoms with Crippen molar-refractivity contribution in [2.75, 3.05) is 13.1 Å². The minimum absolute atomic E-state index is 0.0448. The highest BCUT2D eigenvalue weighted by molar-refractivity contribution is 6.31. The van der Waals surface area contributed by atoms with Gasteiger partial charge in [0.15, 0.2) is 0 Å². The Hall–Kier alpha value is -1.82. The molecule has 3 N–H and O–H groups in total. The quantitative estimate of drug-likeness (QED) is 0.377. The van der Waals surface area contributed by atoms with Crippen LogP contribution in [0.5, 0.6) is 0 Å². The number of hydrogen-bond acceptors (Lipinski definition) is 3. The molecule has 0 fully saturated rings. The Morgan fingerprint density at radius 1 is 1.58 bits per heavy atom. The van der Waals surface area contributed by atoms with Crippen LogP contribution in [-0.4, -0.2) is 34.9 Å². The van der Waals surface area contributed by atoms with Crippen LogP contribution in [0.4, 0.5) is 4.39 Å². The first kappa shape index (κ1) is 15.2. The summed E-state index contributed by atoms with van der Waals surface area (Å²) in [5.41, 5.74) is 5.65. The minimum atomic E-state index is -0.571. The molecular weight excluding hydrogens is 273 g/mol. The van der Waals surface area contributed by atoms with Crippen LogP contribution in [0.1, 0.15) is 23.7 Å². The average molecular weight is 288 g/mol. The third-order valence-corrected chi connectivity index (χ3v) is 2.89. The van der Waals surface area contributed by atoms with E-state index in [-0.39, 0.29) is 23.2 Å². The van der Waals surface area contributed by atoms with Crippen molar-refractivity contribution < 1.29 is 14.4 Å². The Morgan fingerprint density at radius 3 is 2.79 bits per heavy atom. The van der Waals surface area contributed by atoms with Crippen molar-refractivity contribution in [3.8, 4) is 0 Å². The summed E-state index contributed by atoms with van der Waals surface area (Å²) in [6.45, 7) is 2.56. The van der Waals surface area contributed by atoms with Crippen molar-refractivity contribution >= 4 is 23.3 Å². The van der Waals surface area contributed by atoms with E-state index in [1.165, 1.54) is 17.0 Å². The Kier molecular flexibility index (Phi) is 5.57. The lowest BCUT2D eigenvalue weighted by Gasteiger charge is -2.20. The number of halogens is 2. The monoisotopic (exact) mass is 287 g/mol. The van der Waals surface area contributed by atoms with Crippen LogP contribution in [0.2, 0.25) is 5.02 Å². The minimum Gasteiger partial charge on any atom is -0.409 e. The normalized spacial score (nSPS) is 11.4. The van der Waals surface area contributed by atoms with E-state index in [1.54, 1.807) is 6.92 Å². The van der Waals surface area contributed by atoms with Crippen molar-refractivity contribution in [3.63, 3.8) is 0 Å². The molecule has 1 rings (SSSR count). The molecule has 19 heavy (non-hydrogen) atoms. The van der Waals surface area contributed by atoms with E-state index >= 15 is 0 Å². The molecule has 0 saturated carbocycles. The Bertz CT molecular complexity index is 494. The highest BCUT2D eigenvalue weighted by atomic mass is 35.5. The lowest BCUT2D eigenvalue weighted by molar-refractivity contribution is 0.0768. The molecule has 5 nitrogen and oxygen atoms in total. The van der Waals surface area contributed by atoms with Crippen molar-refractivity contribution in [3.05, 3.63) is 34.6 Å². The van der Waals surface area contributed by atoms with Gasteiger partial charge in [0.25, 0.3) is 5.91 Å². The first-order valence-corrected chi connectivity index (χ1v) is 6.08. The van der Waals surface area contributed by atoms with E-state index in [0.717, 1.165) is 6.07 Å². The van der Waals surface area contributed by atoms with E-state index in [0.29, 0.717) is 18.7 Å². The van der Waals surface area contributed by atoms with Gasteiger partial charge in [-0.25, -0.2) is 4.39 Å². The van der Waals surface area contributed by atoms with Crippen LogP contribution >= 0.6 is 11.6 Å². The molecule has 1 aromatic rings. The van der Waals surface area contributed by atoms with Crippen molar-refractivity contribution in [2.24, 2.45) is 10.9 Å². The third kappa shape index (κ3) is 4.10. The van der Waals surface area contributed by atoms with Gasteiger partial charge in [0.2, 0.25) is 0 Å². The largest absolute Gasteiger partial charge is 0.409 e. The second kappa shape index (κ2) is 6.94. The third-order valence-electron chi connectivity index (χ3n) is 2.60. The fourth-order valence-corrected chi connectivity index (χ4v) is 1.70. The number of amides is 1.